The van der Waals surface area contributed by atoms with E-state index in [1.165, 1.54) is 0 Å². The van der Waals surface area contributed by atoms with Crippen molar-refractivity contribution in [1.29, 1.82) is 5.26 Å². The lowest BCUT2D eigenvalue weighted by molar-refractivity contribution is -0.129. The maximum Gasteiger partial charge on any atom is 0.261 e. The molecule has 6 heteroatoms. The van der Waals surface area contributed by atoms with Crippen molar-refractivity contribution in [2.45, 2.75) is 33.8 Å². The number of para-hydroxylation sites is 1. The summed E-state index contributed by atoms with van der Waals surface area (Å²) in [7, 11) is 0. The maximum atomic E-state index is 12.2. The Balaban J connectivity index is 1.91. The molecule has 0 fully saturated rings. The van der Waals surface area contributed by atoms with Gasteiger partial charge in [-0.1, -0.05) is 29.8 Å². The van der Waals surface area contributed by atoms with Crippen LogP contribution in [0.5, 0.6) is 5.75 Å². The highest BCUT2D eigenvalue weighted by molar-refractivity contribution is 5.96. The summed E-state index contributed by atoms with van der Waals surface area (Å²) in [5.41, 5.74) is 4.17. The van der Waals surface area contributed by atoms with Crippen molar-refractivity contribution in [3.63, 3.8) is 0 Å². The van der Waals surface area contributed by atoms with Gasteiger partial charge in [-0.25, -0.2) is 0 Å². The molecular formula is C21H23N3O3. The van der Waals surface area contributed by atoms with Gasteiger partial charge >= 0.3 is 0 Å². The predicted molar refractivity (Wildman–Crippen MR) is 104 cm³/mol. The number of nitrogens with one attached hydrogen (secondary N) is 2. The molecule has 0 heterocycles. The first kappa shape index (κ1) is 20.0. The zero-order valence-electron chi connectivity index (χ0n) is 15.9. The highest BCUT2D eigenvalue weighted by atomic mass is 16.5. The Morgan fingerprint density at radius 3 is 2.41 bits per heavy atom. The second-order valence-corrected chi connectivity index (χ2v) is 6.41. The largest absolute Gasteiger partial charge is 0.480 e. The zero-order valence-corrected chi connectivity index (χ0v) is 15.9. The third-order valence-corrected chi connectivity index (χ3v) is 4.05. The van der Waals surface area contributed by atoms with Gasteiger partial charge in [-0.3, -0.25) is 9.59 Å². The van der Waals surface area contributed by atoms with Gasteiger partial charge in [0.05, 0.1) is 12.1 Å². The van der Waals surface area contributed by atoms with E-state index in [0.29, 0.717) is 11.3 Å². The number of ether oxygens (including phenoxy) is 1. The SMILES string of the molecule is Cc1cc(C)c(NC(=O)CNC(=O)C(C)Oc2ccccc2C#N)c(C)c1. The number of aryl methyl sites for hydroxylation is 3. The van der Waals surface area contributed by atoms with Gasteiger partial charge in [0, 0.05) is 5.69 Å². The van der Waals surface area contributed by atoms with Crippen LogP contribution in [0.4, 0.5) is 5.69 Å². The first-order valence-corrected chi connectivity index (χ1v) is 8.63. The van der Waals surface area contributed by atoms with Crippen molar-refractivity contribution < 1.29 is 14.3 Å². The number of benzene rings is 2. The van der Waals surface area contributed by atoms with Crippen LogP contribution in [-0.4, -0.2) is 24.5 Å². The first-order chi connectivity index (χ1) is 12.8. The summed E-state index contributed by atoms with van der Waals surface area (Å²) in [5.74, 6) is -0.420. The molecular weight excluding hydrogens is 342 g/mol. The van der Waals surface area contributed by atoms with Crippen LogP contribution in [0.15, 0.2) is 36.4 Å². The van der Waals surface area contributed by atoms with E-state index >= 15 is 0 Å². The first-order valence-electron chi connectivity index (χ1n) is 8.63. The highest BCUT2D eigenvalue weighted by Gasteiger charge is 2.17. The molecule has 2 rings (SSSR count). The standard InChI is InChI=1S/C21H23N3O3/c1-13-9-14(2)20(15(3)10-13)24-19(25)12-23-21(26)16(4)27-18-8-6-5-7-17(18)11-22/h5-10,16H,12H2,1-4H3,(H,23,26)(H,24,25). The quantitative estimate of drug-likeness (QED) is 0.823. The van der Waals surface area contributed by atoms with Gasteiger partial charge in [0.2, 0.25) is 5.91 Å². The number of nitriles is 1. The van der Waals surface area contributed by atoms with Crippen molar-refractivity contribution >= 4 is 17.5 Å². The van der Waals surface area contributed by atoms with Crippen LogP contribution in [0.3, 0.4) is 0 Å². The molecule has 0 saturated heterocycles. The van der Waals surface area contributed by atoms with Crippen LogP contribution in [0, 0.1) is 32.1 Å². The summed E-state index contributed by atoms with van der Waals surface area (Å²) in [6.07, 6.45) is -0.838. The van der Waals surface area contributed by atoms with E-state index in [1.807, 2.05) is 39.0 Å². The van der Waals surface area contributed by atoms with Gasteiger partial charge in [-0.15, -0.1) is 0 Å². The highest BCUT2D eigenvalue weighted by Crippen LogP contribution is 2.21. The number of hydrogen-bond acceptors (Lipinski definition) is 4. The molecule has 2 aromatic carbocycles. The Bertz CT molecular complexity index is 877. The van der Waals surface area contributed by atoms with Crippen molar-refractivity contribution in [1.82, 2.24) is 5.32 Å². The molecule has 1 atom stereocenters. The van der Waals surface area contributed by atoms with E-state index in [2.05, 4.69) is 10.6 Å². The molecule has 0 bridgehead atoms. The molecule has 2 N–H and O–H groups in total. The smallest absolute Gasteiger partial charge is 0.261 e. The Kier molecular flexibility index (Phi) is 6.56. The Morgan fingerprint density at radius 1 is 1.15 bits per heavy atom. The molecule has 6 nitrogen and oxygen atoms in total. The van der Waals surface area contributed by atoms with Crippen molar-refractivity contribution in [2.75, 3.05) is 11.9 Å². The molecule has 0 saturated carbocycles. The molecule has 1 unspecified atom stereocenters. The summed E-state index contributed by atoms with van der Waals surface area (Å²) < 4.78 is 5.53. The number of amides is 2. The molecule has 0 aliphatic rings. The van der Waals surface area contributed by atoms with Crippen molar-refractivity contribution in [2.24, 2.45) is 0 Å². The number of anilines is 1. The normalized spacial score (nSPS) is 11.2. The van der Waals surface area contributed by atoms with E-state index in [1.54, 1.807) is 31.2 Å². The monoisotopic (exact) mass is 365 g/mol. The van der Waals surface area contributed by atoms with Crippen LogP contribution in [0.1, 0.15) is 29.2 Å². The van der Waals surface area contributed by atoms with E-state index in [-0.39, 0.29) is 12.5 Å². The van der Waals surface area contributed by atoms with E-state index in [0.717, 1.165) is 22.4 Å². The average molecular weight is 365 g/mol. The summed E-state index contributed by atoms with van der Waals surface area (Å²) in [6.45, 7) is 7.25. The maximum absolute atomic E-state index is 12.2. The topological polar surface area (TPSA) is 91.2 Å². The third-order valence-electron chi connectivity index (χ3n) is 4.05. The lowest BCUT2D eigenvalue weighted by Gasteiger charge is -2.16. The van der Waals surface area contributed by atoms with Gasteiger partial charge in [0.15, 0.2) is 6.10 Å². The van der Waals surface area contributed by atoms with Crippen LogP contribution in [-0.2, 0) is 9.59 Å². The number of carbonyl (C=O) groups is 2. The fourth-order valence-corrected chi connectivity index (χ4v) is 2.78. The third kappa shape index (κ3) is 5.32. The molecule has 140 valence electrons. The fourth-order valence-electron chi connectivity index (χ4n) is 2.78. The number of nitrogens with zero attached hydrogens (tertiary/aromatic N) is 1. The predicted octanol–water partition coefficient (Wildman–Crippen LogP) is 3.01. The summed E-state index contributed by atoms with van der Waals surface area (Å²) >= 11 is 0. The minimum Gasteiger partial charge on any atom is -0.480 e. The number of rotatable bonds is 6. The van der Waals surface area contributed by atoms with Gasteiger partial charge < -0.3 is 15.4 Å². The van der Waals surface area contributed by atoms with Gasteiger partial charge in [-0.2, -0.15) is 5.26 Å². The molecule has 0 aliphatic heterocycles. The zero-order chi connectivity index (χ0) is 20.0. The Hall–Kier alpha value is -3.33. The van der Waals surface area contributed by atoms with Gasteiger partial charge in [0.25, 0.3) is 5.91 Å². The summed E-state index contributed by atoms with van der Waals surface area (Å²) in [4.78, 5) is 24.4. The molecule has 27 heavy (non-hydrogen) atoms. The average Bonchev–Trinajstić information content (AvgIpc) is 2.63. The lowest BCUT2D eigenvalue weighted by Crippen LogP contribution is -2.40. The fraction of sp³-hybridized carbons (Fsp3) is 0.286. The number of hydrogen-bond donors (Lipinski definition) is 2. The second-order valence-electron chi connectivity index (χ2n) is 6.41. The Morgan fingerprint density at radius 2 is 1.78 bits per heavy atom. The summed E-state index contributed by atoms with van der Waals surface area (Å²) in [5, 5.41) is 14.4. The minimum absolute atomic E-state index is 0.167. The van der Waals surface area contributed by atoms with Crippen LogP contribution < -0.4 is 15.4 Å². The van der Waals surface area contributed by atoms with Crippen LogP contribution >= 0.6 is 0 Å². The van der Waals surface area contributed by atoms with E-state index < -0.39 is 12.0 Å². The number of carbonyl (C=O) groups excluding carboxylic acids is 2. The van der Waals surface area contributed by atoms with Crippen molar-refractivity contribution in [3.05, 3.63) is 58.7 Å². The molecule has 2 amide bonds. The van der Waals surface area contributed by atoms with Crippen molar-refractivity contribution in [3.8, 4) is 11.8 Å². The minimum atomic E-state index is -0.838. The van der Waals surface area contributed by atoms with E-state index in [9.17, 15) is 9.59 Å². The summed E-state index contributed by atoms with van der Waals surface area (Å²) in [6, 6.07) is 12.7. The Labute approximate surface area is 159 Å². The van der Waals surface area contributed by atoms with E-state index in [4.69, 9.17) is 10.00 Å². The van der Waals surface area contributed by atoms with Gasteiger partial charge in [0.1, 0.15) is 11.8 Å². The molecule has 2 aromatic rings. The molecule has 0 spiro atoms. The van der Waals surface area contributed by atoms with Crippen LogP contribution in [0.2, 0.25) is 0 Å². The van der Waals surface area contributed by atoms with Gasteiger partial charge in [-0.05, 0) is 51.0 Å². The van der Waals surface area contributed by atoms with Crippen LogP contribution in [0.25, 0.3) is 0 Å². The molecule has 0 aliphatic carbocycles. The molecule has 0 aromatic heterocycles. The lowest BCUT2D eigenvalue weighted by atomic mass is 10.1. The second kappa shape index (κ2) is 8.86. The molecule has 0 radical (unpaired) electrons.